The summed E-state index contributed by atoms with van der Waals surface area (Å²) < 4.78 is 0. The van der Waals surface area contributed by atoms with Gasteiger partial charge in [-0.25, -0.2) is 0 Å². The van der Waals surface area contributed by atoms with Gasteiger partial charge in [0.05, 0.1) is 5.60 Å². The Kier molecular flexibility index (Phi) is 3.28. The second kappa shape index (κ2) is 4.26. The highest BCUT2D eigenvalue weighted by molar-refractivity contribution is 5.42. The van der Waals surface area contributed by atoms with E-state index in [0.29, 0.717) is 18.4 Å². The van der Waals surface area contributed by atoms with E-state index in [-0.39, 0.29) is 5.57 Å². The molecule has 0 amide bonds. The Morgan fingerprint density at radius 2 is 1.64 bits per heavy atom. The molecule has 0 saturated heterocycles. The molecule has 1 N–H and O–H groups in total. The minimum absolute atomic E-state index is 0.0643. The van der Waals surface area contributed by atoms with Crippen LogP contribution in [0.4, 0.5) is 0 Å². The van der Waals surface area contributed by atoms with Gasteiger partial charge >= 0.3 is 0 Å². The molecule has 0 aromatic rings. The molecule has 1 aliphatic rings. The fourth-order valence-electron chi connectivity index (χ4n) is 1.94. The molecule has 0 aromatic carbocycles. The van der Waals surface area contributed by atoms with E-state index in [1.54, 1.807) is 6.92 Å². The lowest BCUT2D eigenvalue weighted by Crippen LogP contribution is -2.33. The Labute approximate surface area is 84.3 Å². The van der Waals surface area contributed by atoms with Gasteiger partial charge in [0.1, 0.15) is 17.7 Å². The van der Waals surface area contributed by atoms with Crippen LogP contribution in [0, 0.1) is 22.7 Å². The number of hydrogen-bond donors (Lipinski definition) is 1. The molecule has 0 unspecified atom stereocenters. The maximum atomic E-state index is 10.2. The number of hydrogen-bond acceptors (Lipinski definition) is 3. The maximum Gasteiger partial charge on any atom is 0.131 e. The highest BCUT2D eigenvalue weighted by Gasteiger charge is 2.32. The molecule has 0 atom stereocenters. The van der Waals surface area contributed by atoms with Crippen LogP contribution in [-0.2, 0) is 0 Å². The lowest BCUT2D eigenvalue weighted by molar-refractivity contribution is 0.0392. The highest BCUT2D eigenvalue weighted by atomic mass is 16.3. The molecule has 74 valence electrons. The zero-order valence-corrected chi connectivity index (χ0v) is 8.38. The molecule has 0 aromatic heterocycles. The van der Waals surface area contributed by atoms with Gasteiger partial charge in [-0.2, -0.15) is 10.5 Å². The second-order valence-electron chi connectivity index (χ2n) is 3.82. The van der Waals surface area contributed by atoms with E-state index < -0.39 is 5.60 Å². The van der Waals surface area contributed by atoms with Gasteiger partial charge in [-0.15, -0.1) is 0 Å². The van der Waals surface area contributed by atoms with E-state index in [1.165, 1.54) is 0 Å². The van der Waals surface area contributed by atoms with E-state index in [0.717, 1.165) is 19.3 Å². The van der Waals surface area contributed by atoms with Crippen LogP contribution < -0.4 is 0 Å². The first-order chi connectivity index (χ1) is 6.64. The zero-order chi connectivity index (χ0) is 10.6. The highest BCUT2D eigenvalue weighted by Crippen LogP contribution is 2.35. The van der Waals surface area contributed by atoms with Gasteiger partial charge in [-0.3, -0.25) is 0 Å². The predicted octanol–water partition coefficient (Wildman–Crippen LogP) is 2.05. The largest absolute Gasteiger partial charge is 0.385 e. The monoisotopic (exact) mass is 190 g/mol. The zero-order valence-electron chi connectivity index (χ0n) is 8.38. The Bertz CT molecular complexity index is 308. The molecule has 0 radical (unpaired) electrons. The van der Waals surface area contributed by atoms with Gasteiger partial charge in [0.15, 0.2) is 0 Å². The normalized spacial score (nSPS) is 19.1. The number of aliphatic hydroxyl groups is 1. The van der Waals surface area contributed by atoms with Crippen LogP contribution in [0.3, 0.4) is 0 Å². The third-order valence-corrected chi connectivity index (χ3v) is 2.98. The number of rotatable bonds is 1. The fraction of sp³-hybridized carbons (Fsp3) is 0.636. The molecular formula is C11H14N2O. The summed E-state index contributed by atoms with van der Waals surface area (Å²) in [5.41, 5.74) is -0.296. The Balaban J connectivity index is 2.98. The summed E-state index contributed by atoms with van der Waals surface area (Å²) in [6, 6.07) is 3.67. The third-order valence-electron chi connectivity index (χ3n) is 2.98. The average molecular weight is 190 g/mol. The minimum Gasteiger partial charge on any atom is -0.385 e. The van der Waals surface area contributed by atoms with E-state index in [9.17, 15) is 5.11 Å². The average Bonchev–Trinajstić information content (AvgIpc) is 2.20. The third kappa shape index (κ3) is 1.95. The van der Waals surface area contributed by atoms with E-state index in [4.69, 9.17) is 10.5 Å². The van der Waals surface area contributed by atoms with E-state index >= 15 is 0 Å². The van der Waals surface area contributed by atoms with Crippen molar-refractivity contribution in [2.24, 2.45) is 0 Å². The van der Waals surface area contributed by atoms with Crippen molar-refractivity contribution in [2.45, 2.75) is 44.6 Å². The molecular weight excluding hydrogens is 176 g/mol. The first-order valence-electron chi connectivity index (χ1n) is 4.88. The second-order valence-corrected chi connectivity index (χ2v) is 3.82. The Hall–Kier alpha value is -1.32. The minimum atomic E-state index is -0.904. The molecule has 1 fully saturated rings. The van der Waals surface area contributed by atoms with Gasteiger partial charge in [0.2, 0.25) is 0 Å². The molecule has 3 heteroatoms. The number of allylic oxidation sites excluding steroid dienone is 1. The summed E-state index contributed by atoms with van der Waals surface area (Å²) in [7, 11) is 0. The fourth-order valence-corrected chi connectivity index (χ4v) is 1.94. The van der Waals surface area contributed by atoms with Crippen molar-refractivity contribution in [3.63, 3.8) is 0 Å². The molecule has 1 saturated carbocycles. The number of nitriles is 2. The first-order valence-corrected chi connectivity index (χ1v) is 4.88. The van der Waals surface area contributed by atoms with Crippen LogP contribution in [0.15, 0.2) is 11.1 Å². The van der Waals surface area contributed by atoms with Crippen molar-refractivity contribution >= 4 is 0 Å². The van der Waals surface area contributed by atoms with Crippen LogP contribution in [0.2, 0.25) is 0 Å². The summed E-state index contributed by atoms with van der Waals surface area (Å²) >= 11 is 0. The number of nitrogens with zero attached hydrogens (tertiary/aromatic N) is 2. The molecule has 0 aliphatic heterocycles. The summed E-state index contributed by atoms with van der Waals surface area (Å²) in [4.78, 5) is 0. The van der Waals surface area contributed by atoms with E-state index in [2.05, 4.69) is 0 Å². The molecule has 0 bridgehead atoms. The molecule has 0 spiro atoms. The molecule has 0 heterocycles. The van der Waals surface area contributed by atoms with Gasteiger partial charge in [0, 0.05) is 0 Å². The van der Waals surface area contributed by atoms with Crippen molar-refractivity contribution in [2.75, 3.05) is 0 Å². The predicted molar refractivity (Wildman–Crippen MR) is 52.0 cm³/mol. The van der Waals surface area contributed by atoms with Crippen molar-refractivity contribution < 1.29 is 5.11 Å². The van der Waals surface area contributed by atoms with Crippen LogP contribution in [-0.4, -0.2) is 10.7 Å². The Morgan fingerprint density at radius 3 is 2.07 bits per heavy atom. The summed E-state index contributed by atoms with van der Waals surface area (Å²) in [6.45, 7) is 1.69. The lowest BCUT2D eigenvalue weighted by atomic mass is 9.78. The standard InChI is InChI=1S/C11H14N2O/c1-9(10(7-12)8-13)11(14)5-3-2-4-6-11/h14H,2-6H2,1H3. The van der Waals surface area contributed by atoms with Crippen LogP contribution >= 0.6 is 0 Å². The Morgan fingerprint density at radius 1 is 1.14 bits per heavy atom. The summed E-state index contributed by atoms with van der Waals surface area (Å²) in [5, 5.41) is 27.6. The van der Waals surface area contributed by atoms with Crippen LogP contribution in [0.5, 0.6) is 0 Å². The first kappa shape index (κ1) is 10.8. The van der Waals surface area contributed by atoms with Gasteiger partial charge in [-0.05, 0) is 25.3 Å². The summed E-state index contributed by atoms with van der Waals surface area (Å²) in [6.07, 6.45) is 4.41. The molecule has 1 rings (SSSR count). The quantitative estimate of drug-likeness (QED) is 0.643. The molecule has 1 aliphatic carbocycles. The SMILES string of the molecule is CC(=C(C#N)C#N)C1(O)CCCCC1. The summed E-state index contributed by atoms with van der Waals surface area (Å²) in [5.74, 6) is 0. The topological polar surface area (TPSA) is 67.8 Å². The van der Waals surface area contributed by atoms with Gasteiger partial charge < -0.3 is 5.11 Å². The molecule has 14 heavy (non-hydrogen) atoms. The lowest BCUT2D eigenvalue weighted by Gasteiger charge is -2.33. The van der Waals surface area contributed by atoms with Gasteiger partial charge in [0.25, 0.3) is 0 Å². The molecule has 3 nitrogen and oxygen atoms in total. The van der Waals surface area contributed by atoms with Crippen LogP contribution in [0.25, 0.3) is 0 Å². The van der Waals surface area contributed by atoms with Crippen molar-refractivity contribution in [3.8, 4) is 12.1 Å². The van der Waals surface area contributed by atoms with E-state index in [1.807, 2.05) is 12.1 Å². The smallest absolute Gasteiger partial charge is 0.131 e. The van der Waals surface area contributed by atoms with Crippen molar-refractivity contribution in [1.29, 1.82) is 10.5 Å². The van der Waals surface area contributed by atoms with Gasteiger partial charge in [-0.1, -0.05) is 19.3 Å². The van der Waals surface area contributed by atoms with Crippen LogP contribution in [0.1, 0.15) is 39.0 Å². The maximum absolute atomic E-state index is 10.2. The van der Waals surface area contributed by atoms with Crippen molar-refractivity contribution in [1.82, 2.24) is 0 Å². The van der Waals surface area contributed by atoms with Crippen molar-refractivity contribution in [3.05, 3.63) is 11.1 Å².